The molecule has 5 heteroatoms. The molecule has 0 amide bonds. The van der Waals surface area contributed by atoms with Crippen molar-refractivity contribution in [2.24, 2.45) is 0 Å². The van der Waals surface area contributed by atoms with Gasteiger partial charge in [-0.15, -0.1) is 0 Å². The predicted molar refractivity (Wildman–Crippen MR) is 56.0 cm³/mol. The van der Waals surface area contributed by atoms with Crippen LogP contribution in [0, 0.1) is 0 Å². The van der Waals surface area contributed by atoms with Crippen LogP contribution in [-0.2, 0) is 9.84 Å². The Morgan fingerprint density at radius 1 is 1.50 bits per heavy atom. The highest BCUT2D eigenvalue weighted by molar-refractivity contribution is 7.91. The van der Waals surface area contributed by atoms with Gasteiger partial charge in [-0.1, -0.05) is 6.92 Å². The third kappa shape index (κ3) is 3.22. The first-order valence-corrected chi connectivity index (χ1v) is 6.96. The second kappa shape index (κ2) is 5.09. The summed E-state index contributed by atoms with van der Waals surface area (Å²) in [5.41, 5.74) is 0. The summed E-state index contributed by atoms with van der Waals surface area (Å²) in [6.07, 6.45) is 2.06. The molecule has 0 aromatic carbocycles. The summed E-state index contributed by atoms with van der Waals surface area (Å²) in [6.45, 7) is 3.31. The third-order valence-electron chi connectivity index (χ3n) is 2.84. The van der Waals surface area contributed by atoms with Gasteiger partial charge in [0.2, 0.25) is 0 Å². The van der Waals surface area contributed by atoms with Crippen LogP contribution in [0.2, 0.25) is 0 Å². The summed E-state index contributed by atoms with van der Waals surface area (Å²) in [5.74, 6) is 0.435. The molecule has 0 aromatic rings. The van der Waals surface area contributed by atoms with Gasteiger partial charge in [-0.3, -0.25) is 4.90 Å². The minimum Gasteiger partial charge on any atom is -0.395 e. The van der Waals surface area contributed by atoms with Crippen molar-refractivity contribution in [3.05, 3.63) is 0 Å². The summed E-state index contributed by atoms with van der Waals surface area (Å²) >= 11 is 0. The molecule has 1 fully saturated rings. The summed E-state index contributed by atoms with van der Waals surface area (Å²) in [5, 5.41) is 9.03. The highest BCUT2D eigenvalue weighted by Crippen LogP contribution is 2.16. The van der Waals surface area contributed by atoms with Crippen molar-refractivity contribution in [3.8, 4) is 0 Å². The van der Waals surface area contributed by atoms with E-state index in [4.69, 9.17) is 5.11 Å². The van der Waals surface area contributed by atoms with E-state index >= 15 is 0 Å². The minimum absolute atomic E-state index is 0.145. The SMILES string of the molecule is CCS(=O)(=O)CCN1CCCC1CO. The molecule has 1 atom stereocenters. The number of aliphatic hydroxyl groups excluding tert-OH is 1. The zero-order valence-electron chi connectivity index (χ0n) is 8.65. The predicted octanol–water partition coefficient (Wildman–Crippen LogP) is -0.122. The van der Waals surface area contributed by atoms with Gasteiger partial charge in [0.25, 0.3) is 0 Å². The standard InChI is InChI=1S/C9H19NO3S/c1-2-14(12,13)7-6-10-5-3-4-9(10)8-11/h9,11H,2-8H2,1H3. The van der Waals surface area contributed by atoms with Gasteiger partial charge < -0.3 is 5.11 Å². The van der Waals surface area contributed by atoms with Crippen molar-refractivity contribution in [2.45, 2.75) is 25.8 Å². The lowest BCUT2D eigenvalue weighted by molar-refractivity contribution is 0.165. The Balaban J connectivity index is 2.38. The Morgan fingerprint density at radius 2 is 2.21 bits per heavy atom. The number of hydrogen-bond donors (Lipinski definition) is 1. The largest absolute Gasteiger partial charge is 0.395 e. The monoisotopic (exact) mass is 221 g/mol. The van der Waals surface area contributed by atoms with E-state index in [0.717, 1.165) is 19.4 Å². The van der Waals surface area contributed by atoms with Gasteiger partial charge >= 0.3 is 0 Å². The van der Waals surface area contributed by atoms with Gasteiger partial charge in [0.1, 0.15) is 0 Å². The van der Waals surface area contributed by atoms with Crippen LogP contribution in [0.3, 0.4) is 0 Å². The van der Waals surface area contributed by atoms with Crippen LogP contribution in [0.25, 0.3) is 0 Å². The van der Waals surface area contributed by atoms with E-state index in [1.807, 2.05) is 0 Å². The maximum Gasteiger partial charge on any atom is 0.151 e. The van der Waals surface area contributed by atoms with E-state index in [9.17, 15) is 8.42 Å². The molecule has 0 aliphatic carbocycles. The van der Waals surface area contributed by atoms with E-state index in [1.165, 1.54) is 0 Å². The molecule has 1 heterocycles. The highest BCUT2D eigenvalue weighted by Gasteiger charge is 2.24. The second-order valence-electron chi connectivity index (χ2n) is 3.75. The molecule has 1 rings (SSSR count). The molecule has 0 radical (unpaired) electrons. The highest BCUT2D eigenvalue weighted by atomic mass is 32.2. The Morgan fingerprint density at radius 3 is 2.79 bits per heavy atom. The molecule has 0 bridgehead atoms. The quantitative estimate of drug-likeness (QED) is 0.703. The Kier molecular flexibility index (Phi) is 4.34. The Hall–Kier alpha value is -0.130. The van der Waals surface area contributed by atoms with Crippen LogP contribution in [0.1, 0.15) is 19.8 Å². The number of hydrogen-bond acceptors (Lipinski definition) is 4. The summed E-state index contributed by atoms with van der Waals surface area (Å²) in [6, 6.07) is 0.182. The normalized spacial score (nSPS) is 24.3. The van der Waals surface area contributed by atoms with Gasteiger partial charge in [-0.2, -0.15) is 0 Å². The number of aliphatic hydroxyl groups is 1. The molecule has 0 aromatic heterocycles. The maximum absolute atomic E-state index is 11.3. The molecule has 0 spiro atoms. The first-order chi connectivity index (χ1) is 6.59. The van der Waals surface area contributed by atoms with Gasteiger partial charge in [0.05, 0.1) is 12.4 Å². The second-order valence-corrected chi connectivity index (χ2v) is 6.22. The third-order valence-corrected chi connectivity index (χ3v) is 4.52. The number of rotatable bonds is 5. The molecule has 0 saturated carbocycles. The zero-order chi connectivity index (χ0) is 10.6. The topological polar surface area (TPSA) is 57.6 Å². The molecule has 84 valence electrons. The van der Waals surface area contributed by atoms with Crippen molar-refractivity contribution in [1.29, 1.82) is 0 Å². The molecule has 1 unspecified atom stereocenters. The van der Waals surface area contributed by atoms with Crippen LogP contribution in [-0.4, -0.2) is 55.7 Å². The molecule has 1 aliphatic heterocycles. The van der Waals surface area contributed by atoms with E-state index in [2.05, 4.69) is 4.90 Å². The smallest absolute Gasteiger partial charge is 0.151 e. The Labute approximate surface area is 85.8 Å². The van der Waals surface area contributed by atoms with E-state index < -0.39 is 9.84 Å². The van der Waals surface area contributed by atoms with Crippen LogP contribution in [0.5, 0.6) is 0 Å². The van der Waals surface area contributed by atoms with Crippen LogP contribution >= 0.6 is 0 Å². The van der Waals surface area contributed by atoms with E-state index in [1.54, 1.807) is 6.92 Å². The fraction of sp³-hybridized carbons (Fsp3) is 1.00. The fourth-order valence-corrected chi connectivity index (χ4v) is 2.60. The fourth-order valence-electron chi connectivity index (χ4n) is 1.80. The zero-order valence-corrected chi connectivity index (χ0v) is 9.46. The molecule has 1 N–H and O–H groups in total. The lowest BCUT2D eigenvalue weighted by atomic mass is 10.2. The lowest BCUT2D eigenvalue weighted by Crippen LogP contribution is -2.36. The summed E-state index contributed by atoms with van der Waals surface area (Å²) < 4.78 is 22.5. The summed E-state index contributed by atoms with van der Waals surface area (Å²) in [4.78, 5) is 2.08. The average Bonchev–Trinajstić information content (AvgIpc) is 2.62. The first-order valence-electron chi connectivity index (χ1n) is 5.14. The number of nitrogens with zero attached hydrogens (tertiary/aromatic N) is 1. The minimum atomic E-state index is -2.86. The van der Waals surface area contributed by atoms with Gasteiger partial charge in [0.15, 0.2) is 9.84 Å². The summed E-state index contributed by atoms with van der Waals surface area (Å²) in [7, 11) is -2.86. The van der Waals surface area contributed by atoms with Crippen LogP contribution in [0.15, 0.2) is 0 Å². The van der Waals surface area contributed by atoms with Gasteiger partial charge in [-0.25, -0.2) is 8.42 Å². The van der Waals surface area contributed by atoms with Crippen LogP contribution in [0.4, 0.5) is 0 Å². The molecule has 1 aliphatic rings. The van der Waals surface area contributed by atoms with Crippen molar-refractivity contribution in [1.82, 2.24) is 4.90 Å². The molecular formula is C9H19NO3S. The van der Waals surface area contributed by atoms with Gasteiger partial charge in [0, 0.05) is 18.3 Å². The molecule has 1 saturated heterocycles. The van der Waals surface area contributed by atoms with Crippen molar-refractivity contribution in [2.75, 3.05) is 31.2 Å². The van der Waals surface area contributed by atoms with E-state index in [0.29, 0.717) is 6.54 Å². The lowest BCUT2D eigenvalue weighted by Gasteiger charge is -2.22. The number of likely N-dealkylation sites (tertiary alicyclic amines) is 1. The molecule has 4 nitrogen and oxygen atoms in total. The van der Waals surface area contributed by atoms with Crippen molar-refractivity contribution in [3.63, 3.8) is 0 Å². The number of sulfone groups is 1. The first kappa shape index (κ1) is 11.9. The molecule has 14 heavy (non-hydrogen) atoms. The Bertz CT molecular complexity index is 263. The van der Waals surface area contributed by atoms with Crippen molar-refractivity contribution < 1.29 is 13.5 Å². The van der Waals surface area contributed by atoms with Gasteiger partial charge in [-0.05, 0) is 19.4 Å². The van der Waals surface area contributed by atoms with Crippen molar-refractivity contribution >= 4 is 9.84 Å². The van der Waals surface area contributed by atoms with E-state index in [-0.39, 0.29) is 24.2 Å². The maximum atomic E-state index is 11.3. The average molecular weight is 221 g/mol. The molecular weight excluding hydrogens is 202 g/mol. The van der Waals surface area contributed by atoms with Crippen LogP contribution < -0.4 is 0 Å².